The predicted octanol–water partition coefficient (Wildman–Crippen LogP) is 4.47. The molecule has 2 heterocycles. The van der Waals surface area contributed by atoms with Gasteiger partial charge in [0.15, 0.2) is 11.5 Å². The van der Waals surface area contributed by atoms with Crippen molar-refractivity contribution in [3.05, 3.63) is 101 Å². The van der Waals surface area contributed by atoms with E-state index in [4.69, 9.17) is 19.2 Å². The third-order valence-corrected chi connectivity index (χ3v) is 6.59. The molecule has 0 bridgehead atoms. The fourth-order valence-electron chi connectivity index (χ4n) is 4.58. The molecule has 3 aromatic carbocycles. The highest BCUT2D eigenvalue weighted by atomic mass is 16.5. The summed E-state index contributed by atoms with van der Waals surface area (Å²) in [6, 6.07) is 24.8. The molecule has 0 fully saturated rings. The van der Waals surface area contributed by atoms with Gasteiger partial charge in [0.05, 0.1) is 25.9 Å². The number of amides is 1. The van der Waals surface area contributed by atoms with Gasteiger partial charge in [0, 0.05) is 44.4 Å². The number of anilines is 1. The number of methoxy groups -OCH3 is 2. The monoisotopic (exact) mass is 523 g/mol. The van der Waals surface area contributed by atoms with Crippen molar-refractivity contribution in [2.45, 2.75) is 19.7 Å². The van der Waals surface area contributed by atoms with Gasteiger partial charge < -0.3 is 29.0 Å². The molecule has 0 radical (unpaired) electrons. The number of carbonyl (C=O) groups is 1. The Hall–Kier alpha value is -4.97. The molecule has 0 unspecified atom stereocenters. The fourth-order valence-corrected chi connectivity index (χ4v) is 4.58. The van der Waals surface area contributed by atoms with E-state index >= 15 is 0 Å². The average Bonchev–Trinajstić information content (AvgIpc) is 3.23. The molecule has 1 aliphatic heterocycles. The molecule has 1 N–H and O–H groups in total. The molecule has 1 aromatic heterocycles. The number of benzene rings is 3. The van der Waals surface area contributed by atoms with Crippen molar-refractivity contribution in [1.29, 1.82) is 5.26 Å². The van der Waals surface area contributed by atoms with Crippen LogP contribution in [0.15, 0.2) is 72.8 Å². The van der Waals surface area contributed by atoms with Crippen LogP contribution in [0.25, 0.3) is 0 Å². The number of imidazole rings is 1. The maximum Gasteiger partial charge on any atom is 0.274 e. The molecule has 39 heavy (non-hydrogen) atoms. The van der Waals surface area contributed by atoms with Crippen LogP contribution in [0.2, 0.25) is 0 Å². The minimum Gasteiger partial charge on any atom is -0.496 e. The van der Waals surface area contributed by atoms with E-state index in [1.807, 2.05) is 53.1 Å². The van der Waals surface area contributed by atoms with Gasteiger partial charge in [-0.25, -0.2) is 4.98 Å². The summed E-state index contributed by atoms with van der Waals surface area (Å²) in [6.45, 7) is 1.91. The Morgan fingerprint density at radius 3 is 2.36 bits per heavy atom. The van der Waals surface area contributed by atoms with Crippen molar-refractivity contribution in [3.63, 3.8) is 0 Å². The summed E-state index contributed by atoms with van der Waals surface area (Å²) in [5.41, 5.74) is 2.86. The lowest BCUT2D eigenvalue weighted by Crippen LogP contribution is -2.34. The smallest absolute Gasteiger partial charge is 0.274 e. The van der Waals surface area contributed by atoms with Gasteiger partial charge in [-0.15, -0.1) is 0 Å². The van der Waals surface area contributed by atoms with Crippen LogP contribution in [0.4, 0.5) is 5.82 Å². The molecule has 0 saturated heterocycles. The van der Waals surface area contributed by atoms with Crippen molar-refractivity contribution >= 4 is 11.7 Å². The number of nitrogens with one attached hydrogen (secondary N) is 1. The first-order valence-corrected chi connectivity index (χ1v) is 12.6. The van der Waals surface area contributed by atoms with Crippen LogP contribution in [0.1, 0.15) is 33.0 Å². The Balaban J connectivity index is 1.49. The van der Waals surface area contributed by atoms with Gasteiger partial charge in [0.2, 0.25) is 0 Å². The summed E-state index contributed by atoms with van der Waals surface area (Å²) in [4.78, 5) is 20.5. The lowest BCUT2D eigenvalue weighted by molar-refractivity contribution is 0.0744. The normalized spacial score (nSPS) is 12.6. The molecule has 0 atom stereocenters. The zero-order valence-corrected chi connectivity index (χ0v) is 21.9. The second kappa shape index (κ2) is 11.6. The number of rotatable bonds is 9. The number of aromatic nitrogens is 2. The predicted molar refractivity (Wildman–Crippen MR) is 146 cm³/mol. The number of fused-ring (bicyclic) bond motifs is 1. The van der Waals surface area contributed by atoms with Gasteiger partial charge in [-0.3, -0.25) is 4.79 Å². The third-order valence-electron chi connectivity index (χ3n) is 6.59. The zero-order chi connectivity index (χ0) is 27.2. The van der Waals surface area contributed by atoms with E-state index in [0.29, 0.717) is 66.3 Å². The highest BCUT2D eigenvalue weighted by Crippen LogP contribution is 2.29. The molecule has 4 aromatic rings. The van der Waals surface area contributed by atoms with Gasteiger partial charge >= 0.3 is 0 Å². The zero-order valence-electron chi connectivity index (χ0n) is 21.9. The van der Waals surface area contributed by atoms with Crippen molar-refractivity contribution in [2.24, 2.45) is 0 Å². The third kappa shape index (κ3) is 5.65. The second-order valence-electron chi connectivity index (χ2n) is 9.06. The Bertz CT molecular complexity index is 1490. The maximum atomic E-state index is 14.0. The van der Waals surface area contributed by atoms with Gasteiger partial charge in [-0.05, 0) is 17.2 Å². The summed E-state index contributed by atoms with van der Waals surface area (Å²) < 4.78 is 18.8. The number of nitrogens with zero attached hydrogens (tertiary/aromatic N) is 4. The van der Waals surface area contributed by atoms with Crippen molar-refractivity contribution in [2.75, 3.05) is 32.6 Å². The lowest BCUT2D eigenvalue weighted by Gasteiger charge is -2.22. The first-order chi connectivity index (χ1) is 19.1. The van der Waals surface area contributed by atoms with Crippen LogP contribution >= 0.6 is 0 Å². The van der Waals surface area contributed by atoms with Crippen molar-refractivity contribution in [1.82, 2.24) is 14.5 Å². The number of carbonyl (C=O) groups excluding carboxylic acids is 1. The van der Waals surface area contributed by atoms with E-state index in [2.05, 4.69) is 11.4 Å². The van der Waals surface area contributed by atoms with Crippen molar-refractivity contribution < 1.29 is 19.0 Å². The molecule has 5 rings (SSSR count). The molecule has 1 aliphatic rings. The molecule has 0 saturated carbocycles. The van der Waals surface area contributed by atoms with Gasteiger partial charge in [0.1, 0.15) is 29.7 Å². The Morgan fingerprint density at radius 1 is 0.949 bits per heavy atom. The quantitative estimate of drug-likeness (QED) is 0.345. The first-order valence-electron chi connectivity index (χ1n) is 12.6. The minimum atomic E-state index is -0.152. The highest BCUT2D eigenvalue weighted by molar-refractivity contribution is 5.98. The molecule has 9 nitrogen and oxygen atoms in total. The topological polar surface area (TPSA) is 102 Å². The van der Waals surface area contributed by atoms with E-state index < -0.39 is 0 Å². The molecular formula is C30H29N5O4. The van der Waals surface area contributed by atoms with Crippen LogP contribution in [-0.4, -0.2) is 47.7 Å². The Morgan fingerprint density at radius 2 is 1.64 bits per heavy atom. The van der Waals surface area contributed by atoms with Gasteiger partial charge in [-0.1, -0.05) is 48.5 Å². The van der Waals surface area contributed by atoms with Crippen LogP contribution in [-0.2, 0) is 19.7 Å². The largest absolute Gasteiger partial charge is 0.496 e. The van der Waals surface area contributed by atoms with Crippen LogP contribution in [0.3, 0.4) is 0 Å². The van der Waals surface area contributed by atoms with E-state index in [1.54, 1.807) is 43.4 Å². The highest BCUT2D eigenvalue weighted by Gasteiger charge is 2.30. The summed E-state index contributed by atoms with van der Waals surface area (Å²) in [7, 11) is 3.17. The number of hydrogen-bond acceptors (Lipinski definition) is 7. The molecule has 0 spiro atoms. The van der Waals surface area contributed by atoms with Crippen LogP contribution in [0, 0.1) is 11.3 Å². The van der Waals surface area contributed by atoms with E-state index in [1.165, 1.54) is 0 Å². The van der Waals surface area contributed by atoms with Crippen molar-refractivity contribution in [3.8, 4) is 23.3 Å². The van der Waals surface area contributed by atoms with Crippen LogP contribution in [0.5, 0.6) is 17.2 Å². The van der Waals surface area contributed by atoms with Gasteiger partial charge in [0.25, 0.3) is 5.91 Å². The lowest BCUT2D eigenvalue weighted by atomic mass is 10.1. The number of ether oxygens (including phenoxy) is 3. The van der Waals surface area contributed by atoms with E-state index in [9.17, 15) is 10.1 Å². The second-order valence-corrected chi connectivity index (χ2v) is 9.06. The molecule has 198 valence electrons. The van der Waals surface area contributed by atoms with E-state index in [-0.39, 0.29) is 12.5 Å². The molecular weight excluding hydrogens is 494 g/mol. The SMILES string of the molecule is COc1cc(OC)cc(OCc2nc3c(n2Cc2ccccc2)C(=O)N(Cc2ccccc2C#N)CCN3)c1. The number of hydrogen-bond donors (Lipinski definition) is 1. The maximum absolute atomic E-state index is 14.0. The Kier molecular flexibility index (Phi) is 7.64. The summed E-state index contributed by atoms with van der Waals surface area (Å²) >= 11 is 0. The first kappa shape index (κ1) is 25.7. The molecule has 0 aliphatic carbocycles. The number of nitriles is 1. The van der Waals surface area contributed by atoms with Gasteiger partial charge in [-0.2, -0.15) is 5.26 Å². The fraction of sp³-hybridized carbons (Fsp3) is 0.233. The van der Waals surface area contributed by atoms with Crippen LogP contribution < -0.4 is 19.5 Å². The summed E-state index contributed by atoms with van der Waals surface area (Å²) in [5, 5.41) is 12.9. The summed E-state index contributed by atoms with van der Waals surface area (Å²) in [6.07, 6.45) is 0. The molecule has 1 amide bonds. The molecule has 9 heteroatoms. The Labute approximate surface area is 227 Å². The average molecular weight is 524 g/mol. The standard InChI is InChI=1S/C30H29N5O4/c1-37-24-14-25(38-2)16-26(15-24)39-20-27-33-29-28(35(27)18-21-8-4-3-5-9-21)30(36)34(13-12-32-29)19-23-11-7-6-10-22(23)17-31/h3-11,14-16,32H,12-13,18-20H2,1-2H3. The minimum absolute atomic E-state index is 0.127. The van der Waals surface area contributed by atoms with E-state index in [0.717, 1.165) is 11.1 Å². The summed E-state index contributed by atoms with van der Waals surface area (Å²) in [5.74, 6) is 2.75.